The molecule has 0 aliphatic carbocycles. The molecule has 1 aromatic carbocycles. The summed E-state index contributed by atoms with van der Waals surface area (Å²) < 4.78 is 12.5. The van der Waals surface area contributed by atoms with Crippen molar-refractivity contribution in [1.82, 2.24) is 24.6 Å². The van der Waals surface area contributed by atoms with Gasteiger partial charge in [0, 0.05) is 30.3 Å². The summed E-state index contributed by atoms with van der Waals surface area (Å²) in [6, 6.07) is 9.52. The number of anilines is 1. The lowest BCUT2D eigenvalue weighted by molar-refractivity contribution is 0.0240. The lowest BCUT2D eigenvalue weighted by Gasteiger charge is -2.29. The molecule has 1 fully saturated rings. The molecule has 1 saturated heterocycles. The Balaban J connectivity index is 1.53. The van der Waals surface area contributed by atoms with E-state index < -0.39 is 11.7 Å². The molecule has 0 spiro atoms. The van der Waals surface area contributed by atoms with E-state index >= 15 is 0 Å². The second kappa shape index (κ2) is 8.84. The van der Waals surface area contributed by atoms with Crippen molar-refractivity contribution < 1.29 is 19.4 Å². The number of hydrogen-bond acceptors (Lipinski definition) is 8. The Morgan fingerprint density at radius 1 is 1.11 bits per heavy atom. The van der Waals surface area contributed by atoms with Crippen LogP contribution in [0.3, 0.4) is 0 Å². The van der Waals surface area contributed by atoms with E-state index in [0.717, 1.165) is 22.5 Å². The average Bonchev–Trinajstić information content (AvgIpc) is 3.42. The zero-order chi connectivity index (χ0) is 24.7. The molecule has 5 rings (SSSR count). The van der Waals surface area contributed by atoms with Gasteiger partial charge in [-0.1, -0.05) is 23.8 Å². The first-order valence-corrected chi connectivity index (χ1v) is 11.7. The Hall–Kier alpha value is -3.66. The van der Waals surface area contributed by atoms with Crippen LogP contribution in [-0.4, -0.2) is 67.8 Å². The number of rotatable bonds is 3. The van der Waals surface area contributed by atoms with E-state index in [1.54, 1.807) is 11.0 Å². The van der Waals surface area contributed by atoms with Gasteiger partial charge in [0.15, 0.2) is 0 Å². The van der Waals surface area contributed by atoms with Crippen molar-refractivity contribution in [2.75, 3.05) is 31.2 Å². The number of hydrogen-bond donors (Lipinski definition) is 1. The van der Waals surface area contributed by atoms with Crippen LogP contribution in [0.1, 0.15) is 37.6 Å². The number of aryl methyl sites for hydroxylation is 1. The minimum Gasteiger partial charge on any atom is -0.493 e. The zero-order valence-corrected chi connectivity index (χ0v) is 20.5. The SMILES string of the molecule is Cc1cccc(-c2cc(O)n(-c3nc4c(c(N5CCOCC5)n3)CN(C(=O)OC(C)(C)C)C4)n2)c1. The Morgan fingerprint density at radius 3 is 2.60 bits per heavy atom. The highest BCUT2D eigenvalue weighted by molar-refractivity contribution is 5.70. The summed E-state index contributed by atoms with van der Waals surface area (Å²) in [5, 5.41) is 15.3. The maximum Gasteiger partial charge on any atom is 0.410 e. The van der Waals surface area contributed by atoms with Crippen LogP contribution in [0.15, 0.2) is 30.3 Å². The van der Waals surface area contributed by atoms with Gasteiger partial charge in [0.05, 0.1) is 37.7 Å². The number of aromatic nitrogens is 4. The van der Waals surface area contributed by atoms with Crippen LogP contribution in [0.2, 0.25) is 0 Å². The topological polar surface area (TPSA) is 106 Å². The van der Waals surface area contributed by atoms with Crippen molar-refractivity contribution in [1.29, 1.82) is 0 Å². The Kier molecular flexibility index (Phi) is 5.84. The van der Waals surface area contributed by atoms with Gasteiger partial charge >= 0.3 is 6.09 Å². The fourth-order valence-corrected chi connectivity index (χ4v) is 4.28. The van der Waals surface area contributed by atoms with Crippen LogP contribution in [0, 0.1) is 6.92 Å². The lowest BCUT2D eigenvalue weighted by Crippen LogP contribution is -2.38. The first kappa shape index (κ1) is 23.1. The summed E-state index contributed by atoms with van der Waals surface area (Å²) in [6.45, 7) is 10.7. The van der Waals surface area contributed by atoms with E-state index in [1.165, 1.54) is 4.68 Å². The highest BCUT2D eigenvalue weighted by Crippen LogP contribution is 2.33. The van der Waals surface area contributed by atoms with Crippen LogP contribution in [0.25, 0.3) is 17.2 Å². The molecule has 0 unspecified atom stereocenters. The number of carbonyl (C=O) groups excluding carboxylic acids is 1. The maximum absolute atomic E-state index is 12.8. The van der Waals surface area contributed by atoms with E-state index in [1.807, 2.05) is 52.0 Å². The Bertz CT molecular complexity index is 1260. The molecule has 0 atom stereocenters. The van der Waals surface area contributed by atoms with Crippen molar-refractivity contribution in [2.45, 2.75) is 46.4 Å². The van der Waals surface area contributed by atoms with Gasteiger partial charge in [-0.3, -0.25) is 4.90 Å². The maximum atomic E-state index is 12.8. The van der Waals surface area contributed by atoms with Crippen molar-refractivity contribution in [3.05, 3.63) is 47.2 Å². The quantitative estimate of drug-likeness (QED) is 0.610. The second-order valence-electron chi connectivity index (χ2n) is 9.88. The van der Waals surface area contributed by atoms with Gasteiger partial charge in [0.1, 0.15) is 11.4 Å². The summed E-state index contributed by atoms with van der Waals surface area (Å²) >= 11 is 0. The van der Waals surface area contributed by atoms with Gasteiger partial charge in [-0.25, -0.2) is 9.78 Å². The molecule has 2 aromatic heterocycles. The number of aromatic hydroxyl groups is 1. The number of carbonyl (C=O) groups is 1. The van der Waals surface area contributed by atoms with Gasteiger partial charge in [-0.15, -0.1) is 0 Å². The number of fused-ring (bicyclic) bond motifs is 1. The molecule has 0 saturated carbocycles. The smallest absolute Gasteiger partial charge is 0.410 e. The molecule has 0 bridgehead atoms. The molecule has 1 amide bonds. The van der Waals surface area contributed by atoms with E-state index in [4.69, 9.17) is 19.4 Å². The van der Waals surface area contributed by atoms with Gasteiger partial charge < -0.3 is 19.5 Å². The first-order valence-electron chi connectivity index (χ1n) is 11.7. The fraction of sp³-hybridized carbons (Fsp3) is 0.440. The Morgan fingerprint density at radius 2 is 1.89 bits per heavy atom. The molecular formula is C25H30N6O4. The molecule has 2 aliphatic heterocycles. The Labute approximate surface area is 204 Å². The van der Waals surface area contributed by atoms with Crippen molar-refractivity contribution in [2.24, 2.45) is 0 Å². The lowest BCUT2D eigenvalue weighted by atomic mass is 10.1. The third-order valence-corrected chi connectivity index (χ3v) is 5.90. The van der Waals surface area contributed by atoms with Gasteiger partial charge in [0.25, 0.3) is 5.95 Å². The third-order valence-electron chi connectivity index (χ3n) is 5.90. The summed E-state index contributed by atoms with van der Waals surface area (Å²) in [6.07, 6.45) is -0.395. The third kappa shape index (κ3) is 4.79. The molecule has 10 heteroatoms. The van der Waals surface area contributed by atoms with Crippen molar-refractivity contribution >= 4 is 11.9 Å². The number of ether oxygens (including phenoxy) is 2. The van der Waals surface area contributed by atoms with Crippen LogP contribution in [0.4, 0.5) is 10.6 Å². The van der Waals surface area contributed by atoms with Gasteiger partial charge in [0.2, 0.25) is 5.88 Å². The monoisotopic (exact) mass is 478 g/mol. The molecule has 0 radical (unpaired) electrons. The van der Waals surface area contributed by atoms with Crippen molar-refractivity contribution in [3.63, 3.8) is 0 Å². The molecule has 184 valence electrons. The molecule has 2 aliphatic rings. The largest absolute Gasteiger partial charge is 0.493 e. The molecule has 3 aromatic rings. The summed E-state index contributed by atoms with van der Waals surface area (Å²) in [5.41, 5.74) is 3.62. The predicted molar refractivity (Wildman–Crippen MR) is 130 cm³/mol. The summed E-state index contributed by atoms with van der Waals surface area (Å²) in [4.78, 5) is 26.1. The number of morpholine rings is 1. The van der Waals surface area contributed by atoms with Crippen LogP contribution in [0.5, 0.6) is 5.88 Å². The standard InChI is InChI=1S/C25H30N6O4/c1-16-6-5-7-17(12-16)19-13-21(32)31(28-19)23-26-20-15-30(24(33)35-25(2,3)4)14-18(20)22(27-23)29-8-10-34-11-9-29/h5-7,12-13,32H,8-11,14-15H2,1-4H3. The molecular weight excluding hydrogens is 448 g/mol. The van der Waals surface area contributed by atoms with Crippen molar-refractivity contribution in [3.8, 4) is 23.1 Å². The van der Waals surface area contributed by atoms with E-state index in [2.05, 4.69) is 10.00 Å². The minimum absolute atomic E-state index is 0.0589. The molecule has 4 heterocycles. The minimum atomic E-state index is -0.594. The molecule has 10 nitrogen and oxygen atoms in total. The zero-order valence-electron chi connectivity index (χ0n) is 20.5. The summed E-state index contributed by atoms with van der Waals surface area (Å²) in [7, 11) is 0. The normalized spacial score (nSPS) is 15.9. The van der Waals surface area contributed by atoms with Crippen LogP contribution in [-0.2, 0) is 22.6 Å². The van der Waals surface area contributed by atoms with Crippen LogP contribution >= 0.6 is 0 Å². The fourth-order valence-electron chi connectivity index (χ4n) is 4.28. The molecule has 35 heavy (non-hydrogen) atoms. The summed E-state index contributed by atoms with van der Waals surface area (Å²) in [5.74, 6) is 0.926. The van der Waals surface area contributed by atoms with Crippen LogP contribution < -0.4 is 4.90 Å². The van der Waals surface area contributed by atoms with Gasteiger partial charge in [-0.05, 0) is 33.8 Å². The predicted octanol–water partition coefficient (Wildman–Crippen LogP) is 3.43. The van der Waals surface area contributed by atoms with E-state index in [9.17, 15) is 9.90 Å². The van der Waals surface area contributed by atoms with E-state index in [0.29, 0.717) is 50.8 Å². The number of benzene rings is 1. The number of nitrogens with zero attached hydrogens (tertiary/aromatic N) is 6. The van der Waals surface area contributed by atoms with Gasteiger partial charge in [-0.2, -0.15) is 14.8 Å². The average molecular weight is 479 g/mol. The van der Waals surface area contributed by atoms with E-state index in [-0.39, 0.29) is 11.8 Å². The number of amides is 1. The highest BCUT2D eigenvalue weighted by atomic mass is 16.6. The highest BCUT2D eigenvalue weighted by Gasteiger charge is 2.33. The first-order chi connectivity index (χ1) is 16.7. The second-order valence-corrected chi connectivity index (χ2v) is 9.88. The molecule has 1 N–H and O–H groups in total.